The summed E-state index contributed by atoms with van der Waals surface area (Å²) >= 11 is 0. The number of likely N-dealkylation sites (tertiary alicyclic amines) is 1. The number of aryl methyl sites for hydroxylation is 1. The molecule has 22 heavy (non-hydrogen) atoms. The number of amides is 3. The summed E-state index contributed by atoms with van der Waals surface area (Å²) in [5.74, 6) is 0.368. The Morgan fingerprint density at radius 2 is 1.95 bits per heavy atom. The molecule has 2 aliphatic rings. The van der Waals surface area contributed by atoms with Gasteiger partial charge >= 0.3 is 6.03 Å². The zero-order valence-electron chi connectivity index (χ0n) is 13.3. The summed E-state index contributed by atoms with van der Waals surface area (Å²) in [5.41, 5.74) is 3.81. The van der Waals surface area contributed by atoms with E-state index >= 15 is 0 Å². The zero-order valence-corrected chi connectivity index (χ0v) is 13.3. The number of hydrogen-bond acceptors (Lipinski definition) is 2. The van der Waals surface area contributed by atoms with Gasteiger partial charge in [0.1, 0.15) is 0 Å². The molecule has 0 saturated carbocycles. The number of nitrogens with zero attached hydrogens (tertiary/aromatic N) is 1. The Balaban J connectivity index is 1.61. The molecule has 1 aromatic carbocycles. The van der Waals surface area contributed by atoms with Gasteiger partial charge < -0.3 is 15.5 Å². The Morgan fingerprint density at radius 3 is 2.64 bits per heavy atom. The van der Waals surface area contributed by atoms with E-state index in [2.05, 4.69) is 42.7 Å². The molecule has 2 unspecified atom stereocenters. The SMILES string of the molecule is CC(=O)NC1CN(C(=O)NC2c3cc(C)ccc3CC2C)C1. The Morgan fingerprint density at radius 1 is 1.23 bits per heavy atom. The second-order valence-electron chi connectivity index (χ2n) is 6.61. The van der Waals surface area contributed by atoms with Crippen LogP contribution in [0.25, 0.3) is 0 Å². The molecule has 1 aromatic rings. The zero-order chi connectivity index (χ0) is 15.9. The third-order valence-corrected chi connectivity index (χ3v) is 4.60. The molecule has 118 valence electrons. The van der Waals surface area contributed by atoms with Crippen LogP contribution in [0.2, 0.25) is 0 Å². The standard InChI is InChI=1S/C17H23N3O2/c1-10-4-5-13-7-11(2)16(15(13)6-10)19-17(22)20-8-14(9-20)18-12(3)21/h4-6,11,14,16H,7-9H2,1-3H3,(H,18,21)(H,19,22). The minimum Gasteiger partial charge on any atom is -0.350 e. The lowest BCUT2D eigenvalue weighted by molar-refractivity contribution is -0.120. The van der Waals surface area contributed by atoms with Crippen molar-refractivity contribution in [3.63, 3.8) is 0 Å². The number of rotatable bonds is 2. The van der Waals surface area contributed by atoms with E-state index in [1.807, 2.05) is 0 Å². The van der Waals surface area contributed by atoms with E-state index < -0.39 is 0 Å². The lowest BCUT2D eigenvalue weighted by Crippen LogP contribution is -2.62. The van der Waals surface area contributed by atoms with Crippen LogP contribution in [0.4, 0.5) is 4.79 Å². The normalized spacial score (nSPS) is 23.7. The first-order valence-electron chi connectivity index (χ1n) is 7.86. The smallest absolute Gasteiger partial charge is 0.318 e. The average molecular weight is 301 g/mol. The van der Waals surface area contributed by atoms with E-state index in [0.717, 1.165) is 6.42 Å². The molecule has 1 aliphatic heterocycles. The summed E-state index contributed by atoms with van der Waals surface area (Å²) < 4.78 is 0. The van der Waals surface area contributed by atoms with Crippen LogP contribution in [0.15, 0.2) is 18.2 Å². The van der Waals surface area contributed by atoms with Gasteiger partial charge in [0.15, 0.2) is 0 Å². The number of carbonyl (C=O) groups excluding carboxylic acids is 2. The highest BCUT2D eigenvalue weighted by Crippen LogP contribution is 2.36. The maximum atomic E-state index is 12.4. The molecule has 2 atom stereocenters. The monoisotopic (exact) mass is 301 g/mol. The van der Waals surface area contributed by atoms with Crippen molar-refractivity contribution in [3.05, 3.63) is 34.9 Å². The van der Waals surface area contributed by atoms with Gasteiger partial charge in [-0.2, -0.15) is 0 Å². The molecule has 3 amide bonds. The summed E-state index contributed by atoms with van der Waals surface area (Å²) in [4.78, 5) is 25.1. The fourth-order valence-electron chi connectivity index (χ4n) is 3.43. The van der Waals surface area contributed by atoms with Crippen LogP contribution in [0, 0.1) is 12.8 Å². The van der Waals surface area contributed by atoms with Gasteiger partial charge in [0, 0.05) is 20.0 Å². The maximum absolute atomic E-state index is 12.4. The summed E-state index contributed by atoms with van der Waals surface area (Å²) in [6.07, 6.45) is 1.01. The number of urea groups is 1. The molecule has 5 nitrogen and oxygen atoms in total. The number of carbonyl (C=O) groups is 2. The van der Waals surface area contributed by atoms with E-state index in [0.29, 0.717) is 19.0 Å². The molecular weight excluding hydrogens is 278 g/mol. The number of nitrogens with one attached hydrogen (secondary N) is 2. The van der Waals surface area contributed by atoms with Crippen LogP contribution in [0.3, 0.4) is 0 Å². The van der Waals surface area contributed by atoms with Crippen LogP contribution >= 0.6 is 0 Å². The molecule has 0 radical (unpaired) electrons. The lowest BCUT2D eigenvalue weighted by atomic mass is 10.0. The lowest BCUT2D eigenvalue weighted by Gasteiger charge is -2.40. The Hall–Kier alpha value is -2.04. The van der Waals surface area contributed by atoms with Crippen LogP contribution in [0.5, 0.6) is 0 Å². The van der Waals surface area contributed by atoms with Gasteiger partial charge in [0.2, 0.25) is 5.91 Å². The van der Waals surface area contributed by atoms with Crippen molar-refractivity contribution in [2.45, 2.75) is 39.3 Å². The summed E-state index contributed by atoms with van der Waals surface area (Å²) in [7, 11) is 0. The van der Waals surface area contributed by atoms with Crippen molar-refractivity contribution in [1.82, 2.24) is 15.5 Å². The van der Waals surface area contributed by atoms with E-state index in [9.17, 15) is 9.59 Å². The predicted molar refractivity (Wildman–Crippen MR) is 84.5 cm³/mol. The summed E-state index contributed by atoms with van der Waals surface area (Å²) in [6.45, 7) is 6.94. The van der Waals surface area contributed by atoms with Gasteiger partial charge in [-0.1, -0.05) is 30.7 Å². The molecule has 0 spiro atoms. The van der Waals surface area contributed by atoms with Gasteiger partial charge in [-0.25, -0.2) is 4.79 Å². The Kier molecular flexibility index (Phi) is 3.81. The molecule has 0 bridgehead atoms. The molecule has 1 heterocycles. The van der Waals surface area contributed by atoms with E-state index in [1.165, 1.54) is 23.6 Å². The second kappa shape index (κ2) is 5.63. The van der Waals surface area contributed by atoms with Crippen molar-refractivity contribution in [2.75, 3.05) is 13.1 Å². The van der Waals surface area contributed by atoms with Gasteiger partial charge in [0.05, 0.1) is 12.1 Å². The number of fused-ring (bicyclic) bond motifs is 1. The van der Waals surface area contributed by atoms with Crippen LogP contribution < -0.4 is 10.6 Å². The van der Waals surface area contributed by atoms with Gasteiger partial charge in [-0.15, -0.1) is 0 Å². The van der Waals surface area contributed by atoms with Gasteiger partial charge in [0.25, 0.3) is 0 Å². The van der Waals surface area contributed by atoms with Crippen molar-refractivity contribution >= 4 is 11.9 Å². The molecule has 2 N–H and O–H groups in total. The summed E-state index contributed by atoms with van der Waals surface area (Å²) in [5, 5.41) is 5.99. The van der Waals surface area contributed by atoms with Crippen molar-refractivity contribution < 1.29 is 9.59 Å². The maximum Gasteiger partial charge on any atom is 0.318 e. The number of benzene rings is 1. The first-order chi connectivity index (χ1) is 10.4. The minimum atomic E-state index is -0.0427. The van der Waals surface area contributed by atoms with E-state index in [4.69, 9.17) is 0 Å². The summed E-state index contributed by atoms with van der Waals surface area (Å²) in [6, 6.07) is 6.63. The first kappa shape index (κ1) is 14.9. The van der Waals surface area contributed by atoms with Crippen LogP contribution in [-0.2, 0) is 11.2 Å². The molecule has 1 saturated heterocycles. The minimum absolute atomic E-state index is 0.0344. The molecule has 5 heteroatoms. The van der Waals surface area contributed by atoms with Crippen LogP contribution in [-0.4, -0.2) is 36.0 Å². The highest BCUT2D eigenvalue weighted by molar-refractivity contribution is 5.77. The predicted octanol–water partition coefficient (Wildman–Crippen LogP) is 1.76. The highest BCUT2D eigenvalue weighted by atomic mass is 16.2. The second-order valence-corrected chi connectivity index (χ2v) is 6.61. The third-order valence-electron chi connectivity index (χ3n) is 4.60. The van der Waals surface area contributed by atoms with Gasteiger partial charge in [-0.05, 0) is 30.4 Å². The van der Waals surface area contributed by atoms with E-state index in [-0.39, 0.29) is 24.0 Å². The fourth-order valence-corrected chi connectivity index (χ4v) is 3.43. The molecule has 1 aliphatic carbocycles. The van der Waals surface area contributed by atoms with Crippen molar-refractivity contribution in [1.29, 1.82) is 0 Å². The largest absolute Gasteiger partial charge is 0.350 e. The third kappa shape index (κ3) is 2.80. The molecule has 0 aromatic heterocycles. The van der Waals surface area contributed by atoms with Gasteiger partial charge in [-0.3, -0.25) is 4.79 Å². The highest BCUT2D eigenvalue weighted by Gasteiger charge is 2.35. The number of hydrogen-bond donors (Lipinski definition) is 2. The molecule has 1 fully saturated rings. The van der Waals surface area contributed by atoms with E-state index in [1.54, 1.807) is 4.90 Å². The Bertz CT molecular complexity index is 608. The quantitative estimate of drug-likeness (QED) is 0.874. The van der Waals surface area contributed by atoms with Crippen LogP contribution in [0.1, 0.15) is 36.6 Å². The van der Waals surface area contributed by atoms with Crippen molar-refractivity contribution in [3.8, 4) is 0 Å². The first-order valence-corrected chi connectivity index (χ1v) is 7.86. The fraction of sp³-hybridized carbons (Fsp3) is 0.529. The van der Waals surface area contributed by atoms with Crippen molar-refractivity contribution in [2.24, 2.45) is 5.92 Å². The molecule has 3 rings (SSSR count). The topological polar surface area (TPSA) is 61.4 Å². The average Bonchev–Trinajstić information content (AvgIpc) is 2.69. The Labute approximate surface area is 131 Å². The molecular formula is C17H23N3O2.